The first-order chi connectivity index (χ1) is 13.6. The van der Waals surface area contributed by atoms with Gasteiger partial charge in [0.15, 0.2) is 0 Å². The fourth-order valence-electron chi connectivity index (χ4n) is 4.05. The molecule has 32 heavy (non-hydrogen) atoms. The molecule has 0 radical (unpaired) electrons. The molecule has 8 heteroatoms. The highest BCUT2D eigenvalue weighted by Gasteiger charge is 2.58. The van der Waals surface area contributed by atoms with E-state index >= 15 is 0 Å². The second-order valence-corrected chi connectivity index (χ2v) is 20.3. The van der Waals surface area contributed by atoms with Crippen molar-refractivity contribution in [3.05, 3.63) is 10.2 Å². The highest BCUT2D eigenvalue weighted by molar-refractivity contribution is 7.93. The zero-order chi connectivity index (χ0) is 26.0. The number of nitrogens with zero attached hydrogens (tertiary/aromatic N) is 6. The fraction of sp³-hybridized carbons (Fsp3) is 1.00. The maximum atomic E-state index is 5.59. The fourth-order valence-corrected chi connectivity index (χ4v) is 15.6. The molecule has 1 aliphatic rings. The maximum Gasteiger partial charge on any atom is 0.0520 e. The van der Waals surface area contributed by atoms with Crippen molar-refractivity contribution in [2.24, 2.45) is 9.49 Å². The van der Waals surface area contributed by atoms with Gasteiger partial charge in [0.25, 0.3) is 0 Å². The van der Waals surface area contributed by atoms with E-state index in [0.29, 0.717) is 0 Å². The topological polar surface area (TPSA) is 59.4 Å². The van der Waals surface area contributed by atoms with Crippen LogP contribution in [0.2, 0.25) is 0 Å². The lowest BCUT2D eigenvalue weighted by Gasteiger charge is -2.83. The first-order valence-electron chi connectivity index (χ1n) is 11.9. The first kappa shape index (κ1) is 30.3. The van der Waals surface area contributed by atoms with Crippen LogP contribution < -0.4 is 0 Å². The van der Waals surface area contributed by atoms with Crippen LogP contribution in [0.5, 0.6) is 0 Å². The first-order valence-corrected chi connectivity index (χ1v) is 15.1. The van der Waals surface area contributed by atoms with Gasteiger partial charge in [-0.2, -0.15) is 0 Å². The minimum Gasteiger partial charge on any atom is -0.590 e. The van der Waals surface area contributed by atoms with Gasteiger partial charge in [0.1, 0.15) is 0 Å². The molecular formula is C24H54N6P2-2. The zero-order valence-electron chi connectivity index (χ0n) is 24.6. The summed E-state index contributed by atoms with van der Waals surface area (Å²) in [6, 6.07) is 0. The van der Waals surface area contributed by atoms with Gasteiger partial charge in [0.05, 0.1) is 11.1 Å². The summed E-state index contributed by atoms with van der Waals surface area (Å²) in [5, 5.41) is 11.2. The van der Waals surface area contributed by atoms with Crippen LogP contribution in [-0.2, 0) is 0 Å². The molecule has 0 aromatic heterocycles. The van der Waals surface area contributed by atoms with Gasteiger partial charge in [-0.1, -0.05) is 41.5 Å². The lowest BCUT2D eigenvalue weighted by molar-refractivity contribution is 0.267. The molecule has 0 aromatic carbocycles. The summed E-state index contributed by atoms with van der Waals surface area (Å²) in [7, 11) is -4.98. The second-order valence-electron chi connectivity index (χ2n) is 15.1. The Morgan fingerprint density at radius 1 is 0.438 bits per heavy atom. The van der Waals surface area contributed by atoms with Gasteiger partial charge in [-0.25, -0.2) is 8.88 Å². The van der Waals surface area contributed by atoms with Crippen LogP contribution in [0.4, 0.5) is 0 Å². The molecule has 0 amide bonds. The van der Waals surface area contributed by atoms with Crippen molar-refractivity contribution < 1.29 is 0 Å². The lowest BCUT2D eigenvalue weighted by Crippen LogP contribution is -2.58. The average molecular weight is 489 g/mol. The predicted octanol–water partition coefficient (Wildman–Crippen LogP) is 10.0. The summed E-state index contributed by atoms with van der Waals surface area (Å²) in [6.07, 6.45) is 0. The van der Waals surface area contributed by atoms with E-state index in [0.717, 1.165) is 0 Å². The molecule has 1 rings (SSSR count). The largest absolute Gasteiger partial charge is 0.590 e. The average Bonchev–Trinajstić information content (AvgIpc) is 2.22. The number of hydrogen-bond donors (Lipinski definition) is 0. The molecular weight excluding hydrogens is 434 g/mol. The Hall–Kier alpha value is 0.300. The summed E-state index contributed by atoms with van der Waals surface area (Å²) in [5.74, 6) is 0. The molecule has 1 aliphatic heterocycles. The van der Waals surface area contributed by atoms with E-state index in [9.17, 15) is 0 Å². The van der Waals surface area contributed by atoms with Crippen molar-refractivity contribution >= 4 is 15.0 Å². The van der Waals surface area contributed by atoms with Crippen molar-refractivity contribution in [2.75, 3.05) is 0 Å². The van der Waals surface area contributed by atoms with Gasteiger partial charge in [-0.15, -0.1) is 11.1 Å². The Balaban J connectivity index is 4.34. The van der Waals surface area contributed by atoms with E-state index in [-0.39, 0.29) is 33.2 Å². The smallest absolute Gasteiger partial charge is 0.0520 e. The summed E-state index contributed by atoms with van der Waals surface area (Å²) >= 11 is 0. The van der Waals surface area contributed by atoms with E-state index in [1.165, 1.54) is 0 Å². The molecule has 0 saturated carbocycles. The number of rotatable bonds is 2. The molecule has 0 aliphatic carbocycles. The quantitative estimate of drug-likeness (QED) is 0.363. The molecule has 0 bridgehead atoms. The van der Waals surface area contributed by atoms with E-state index < -0.39 is 15.0 Å². The standard InChI is InChI=1S/C24H54N6P2/c1-19(2,3)25-31(26-20(4,5)6)29(23(13,14)15)32(27-21(7,8)9,28-22(10,11)12)30(31)24(16,17)18/h1-18H3/q-2. The third-order valence-electron chi connectivity index (χ3n) is 3.95. The normalized spacial score (nSPS) is 27.3. The van der Waals surface area contributed by atoms with Crippen LogP contribution in [0.25, 0.3) is 10.2 Å². The SMILES string of the molecule is CC(C)(C)N=P1([N-]C(C)(C)C)N(C(C)(C)C)P(=NC(C)(C)C)([N-]C(C)(C)C)N1C(C)(C)C. The third kappa shape index (κ3) is 7.15. The van der Waals surface area contributed by atoms with Gasteiger partial charge in [0, 0.05) is 26.1 Å². The van der Waals surface area contributed by atoms with E-state index in [2.05, 4.69) is 134 Å². The molecule has 0 N–H and O–H groups in total. The van der Waals surface area contributed by atoms with Gasteiger partial charge < -0.3 is 10.2 Å². The Kier molecular flexibility index (Phi) is 8.01. The molecule has 1 heterocycles. The van der Waals surface area contributed by atoms with Crippen molar-refractivity contribution in [2.45, 2.75) is 158 Å². The van der Waals surface area contributed by atoms with Crippen LogP contribution in [-0.4, -0.2) is 42.1 Å². The Morgan fingerprint density at radius 2 is 0.656 bits per heavy atom. The van der Waals surface area contributed by atoms with Crippen LogP contribution >= 0.6 is 15.0 Å². The third-order valence-corrected chi connectivity index (χ3v) is 14.7. The molecule has 192 valence electrons. The van der Waals surface area contributed by atoms with Gasteiger partial charge in [0.2, 0.25) is 0 Å². The monoisotopic (exact) mass is 488 g/mol. The van der Waals surface area contributed by atoms with Crippen molar-refractivity contribution in [3.63, 3.8) is 0 Å². The van der Waals surface area contributed by atoms with Crippen molar-refractivity contribution in [1.29, 1.82) is 0 Å². The molecule has 6 nitrogen and oxygen atoms in total. The minimum atomic E-state index is -2.49. The zero-order valence-corrected chi connectivity index (χ0v) is 26.4. The summed E-state index contributed by atoms with van der Waals surface area (Å²) in [6.45, 7) is 40.0. The molecule has 1 saturated heterocycles. The molecule has 0 unspecified atom stereocenters. The molecule has 0 atom stereocenters. The van der Waals surface area contributed by atoms with Gasteiger partial charge in [-0.05, 0) is 83.1 Å². The summed E-state index contributed by atoms with van der Waals surface area (Å²) in [4.78, 5) is 0. The predicted molar refractivity (Wildman–Crippen MR) is 148 cm³/mol. The highest BCUT2D eigenvalue weighted by Crippen LogP contribution is 2.97. The minimum absolute atomic E-state index is 0.198. The van der Waals surface area contributed by atoms with E-state index in [1.54, 1.807) is 0 Å². The highest BCUT2D eigenvalue weighted by atomic mass is 31.3. The summed E-state index contributed by atoms with van der Waals surface area (Å²) < 4.78 is 16.3. The molecule has 0 spiro atoms. The van der Waals surface area contributed by atoms with Crippen LogP contribution in [0.15, 0.2) is 9.49 Å². The summed E-state index contributed by atoms with van der Waals surface area (Å²) in [5.41, 5.74) is -1.36. The van der Waals surface area contributed by atoms with Crippen molar-refractivity contribution in [1.82, 2.24) is 8.88 Å². The van der Waals surface area contributed by atoms with Crippen LogP contribution in [0.3, 0.4) is 0 Å². The number of hydrogen-bond acceptors (Lipinski definition) is 2. The molecule has 0 aromatic rings. The van der Waals surface area contributed by atoms with Crippen LogP contribution in [0, 0.1) is 0 Å². The van der Waals surface area contributed by atoms with Gasteiger partial charge >= 0.3 is 0 Å². The van der Waals surface area contributed by atoms with Crippen LogP contribution in [0.1, 0.15) is 125 Å². The maximum absolute atomic E-state index is 5.59. The van der Waals surface area contributed by atoms with E-state index in [4.69, 9.17) is 19.7 Å². The van der Waals surface area contributed by atoms with E-state index in [1.807, 2.05) is 0 Å². The molecule has 1 fully saturated rings. The van der Waals surface area contributed by atoms with Gasteiger partial charge in [-0.3, -0.25) is 9.49 Å². The van der Waals surface area contributed by atoms with Crippen molar-refractivity contribution in [3.8, 4) is 0 Å². The second kappa shape index (κ2) is 8.45. The Morgan fingerprint density at radius 3 is 0.781 bits per heavy atom. The Bertz CT molecular complexity index is 703. The lowest BCUT2D eigenvalue weighted by atomic mass is 10.1. The Labute approximate surface area is 201 Å².